The van der Waals surface area contributed by atoms with Crippen molar-refractivity contribution in [3.8, 4) is 6.07 Å². The number of carbonyl (C=O) groups excluding carboxylic acids is 1. The van der Waals surface area contributed by atoms with E-state index in [4.69, 9.17) is 5.26 Å². The molecule has 0 saturated heterocycles. The largest absolute Gasteiger partial charge is 0.380 e. The second-order valence-electron chi connectivity index (χ2n) is 4.56. The molecular weight excluding hydrogens is 282 g/mol. The lowest BCUT2D eigenvalue weighted by molar-refractivity contribution is -0.120. The topological polar surface area (TPSA) is 64.9 Å². The average molecular weight is 299 g/mol. The highest BCUT2D eigenvalue weighted by molar-refractivity contribution is 7.12. The first-order valence-corrected chi connectivity index (χ1v) is 7.61. The van der Waals surface area contributed by atoms with Crippen LogP contribution in [0.1, 0.15) is 22.2 Å². The maximum atomic E-state index is 11.5. The van der Waals surface area contributed by atoms with Crippen molar-refractivity contribution in [1.82, 2.24) is 5.32 Å². The lowest BCUT2D eigenvalue weighted by Crippen LogP contribution is -2.24. The summed E-state index contributed by atoms with van der Waals surface area (Å²) in [4.78, 5) is 13.3. The smallest absolute Gasteiger partial charge is 0.224 e. The normalized spacial score (nSPS) is 9.90. The molecule has 0 aliphatic heterocycles. The molecule has 1 aromatic heterocycles. The number of amides is 1. The van der Waals surface area contributed by atoms with Crippen LogP contribution in [-0.4, -0.2) is 12.5 Å². The van der Waals surface area contributed by atoms with E-state index in [1.165, 1.54) is 11.3 Å². The molecule has 0 aliphatic carbocycles. The van der Waals surface area contributed by atoms with Gasteiger partial charge in [0.25, 0.3) is 0 Å². The fourth-order valence-corrected chi connectivity index (χ4v) is 2.65. The molecule has 1 aromatic carbocycles. The zero-order chi connectivity index (χ0) is 15.1. The summed E-state index contributed by atoms with van der Waals surface area (Å²) in [5.41, 5.74) is 2.00. The molecule has 0 spiro atoms. The van der Waals surface area contributed by atoms with E-state index < -0.39 is 0 Å². The number of nitriles is 1. The lowest BCUT2D eigenvalue weighted by atomic mass is 10.1. The average Bonchev–Trinajstić information content (AvgIpc) is 2.95. The van der Waals surface area contributed by atoms with Crippen LogP contribution in [0.15, 0.2) is 36.4 Å². The van der Waals surface area contributed by atoms with E-state index in [1.54, 1.807) is 0 Å². The molecule has 5 heteroatoms. The molecular formula is C16H17N3OS. The predicted molar refractivity (Wildman–Crippen MR) is 85.2 cm³/mol. The Hall–Kier alpha value is -2.32. The van der Waals surface area contributed by atoms with Crippen LogP contribution in [0, 0.1) is 11.3 Å². The molecule has 2 N–H and O–H groups in total. The number of benzene rings is 1. The first kappa shape index (κ1) is 15.1. The van der Waals surface area contributed by atoms with Crippen molar-refractivity contribution in [1.29, 1.82) is 5.26 Å². The molecule has 108 valence electrons. The van der Waals surface area contributed by atoms with Gasteiger partial charge in [-0.2, -0.15) is 5.26 Å². The van der Waals surface area contributed by atoms with Crippen LogP contribution in [0.5, 0.6) is 0 Å². The third-order valence-corrected chi connectivity index (χ3v) is 3.92. The van der Waals surface area contributed by atoms with Crippen LogP contribution >= 0.6 is 11.3 Å². The molecule has 0 fully saturated rings. The fourth-order valence-electron chi connectivity index (χ4n) is 1.91. The molecule has 0 atom stereocenters. The van der Waals surface area contributed by atoms with Gasteiger partial charge in [0.15, 0.2) is 0 Å². The van der Waals surface area contributed by atoms with Gasteiger partial charge in [-0.25, -0.2) is 0 Å². The summed E-state index contributed by atoms with van der Waals surface area (Å²) in [7, 11) is 0. The molecule has 21 heavy (non-hydrogen) atoms. The van der Waals surface area contributed by atoms with Gasteiger partial charge < -0.3 is 10.6 Å². The Morgan fingerprint density at radius 2 is 2.00 bits per heavy atom. The second-order valence-corrected chi connectivity index (χ2v) is 5.73. The van der Waals surface area contributed by atoms with Crippen LogP contribution in [0.3, 0.4) is 0 Å². The van der Waals surface area contributed by atoms with Crippen molar-refractivity contribution in [2.24, 2.45) is 0 Å². The number of hydrogen-bond donors (Lipinski definition) is 2. The van der Waals surface area contributed by atoms with Gasteiger partial charge in [-0.05, 0) is 36.8 Å². The molecule has 2 aromatic rings. The number of likely N-dealkylation sites (N-methyl/N-ethyl adjacent to an activating group) is 1. The van der Waals surface area contributed by atoms with Crippen molar-refractivity contribution >= 4 is 22.9 Å². The first-order valence-electron chi connectivity index (χ1n) is 6.79. The molecule has 1 amide bonds. The standard InChI is InChI=1S/C16H17N3OS/c1-2-18-16(20)9-12-3-5-13(6-4-12)19-11-15-8-7-14(10-17)21-15/h3-8,19H,2,9,11H2,1H3,(H,18,20). The van der Waals surface area contributed by atoms with E-state index in [2.05, 4.69) is 16.7 Å². The molecule has 0 saturated carbocycles. The van der Waals surface area contributed by atoms with Gasteiger partial charge in [-0.15, -0.1) is 11.3 Å². The van der Waals surface area contributed by atoms with Crippen LogP contribution in [-0.2, 0) is 17.8 Å². The molecule has 1 heterocycles. The zero-order valence-electron chi connectivity index (χ0n) is 11.8. The van der Waals surface area contributed by atoms with E-state index in [1.807, 2.05) is 43.3 Å². The highest BCUT2D eigenvalue weighted by Crippen LogP contribution is 2.17. The quantitative estimate of drug-likeness (QED) is 0.862. The Bertz CT molecular complexity index is 640. The van der Waals surface area contributed by atoms with Gasteiger partial charge in [0.05, 0.1) is 6.42 Å². The van der Waals surface area contributed by atoms with Gasteiger partial charge in [0, 0.05) is 23.7 Å². The fraction of sp³-hybridized carbons (Fsp3) is 0.250. The second kappa shape index (κ2) is 7.46. The van der Waals surface area contributed by atoms with Crippen molar-refractivity contribution < 1.29 is 4.79 Å². The van der Waals surface area contributed by atoms with Crippen molar-refractivity contribution in [3.05, 3.63) is 51.7 Å². The Kier molecular flexibility index (Phi) is 5.35. The third-order valence-electron chi connectivity index (χ3n) is 2.93. The molecule has 0 unspecified atom stereocenters. The Morgan fingerprint density at radius 3 is 2.62 bits per heavy atom. The first-order chi connectivity index (χ1) is 10.2. The van der Waals surface area contributed by atoms with Gasteiger partial charge in [-0.3, -0.25) is 4.79 Å². The van der Waals surface area contributed by atoms with Crippen molar-refractivity contribution in [2.45, 2.75) is 19.9 Å². The molecule has 0 radical (unpaired) electrons. The highest BCUT2D eigenvalue weighted by Gasteiger charge is 2.02. The van der Waals surface area contributed by atoms with E-state index in [9.17, 15) is 4.79 Å². The molecule has 4 nitrogen and oxygen atoms in total. The van der Waals surface area contributed by atoms with Crippen LogP contribution in [0.4, 0.5) is 5.69 Å². The summed E-state index contributed by atoms with van der Waals surface area (Å²) >= 11 is 1.49. The number of nitrogens with zero attached hydrogens (tertiary/aromatic N) is 1. The number of hydrogen-bond acceptors (Lipinski definition) is 4. The summed E-state index contributed by atoms with van der Waals surface area (Å²) in [6, 6.07) is 13.8. The van der Waals surface area contributed by atoms with E-state index in [-0.39, 0.29) is 5.91 Å². The number of carbonyl (C=O) groups is 1. The maximum absolute atomic E-state index is 11.5. The highest BCUT2D eigenvalue weighted by atomic mass is 32.1. The molecule has 0 bridgehead atoms. The minimum atomic E-state index is 0.0424. The lowest BCUT2D eigenvalue weighted by Gasteiger charge is -2.06. The van der Waals surface area contributed by atoms with E-state index in [0.29, 0.717) is 19.5 Å². The number of thiophene rings is 1. The Morgan fingerprint density at radius 1 is 1.24 bits per heavy atom. The van der Waals surface area contributed by atoms with Gasteiger partial charge in [0.1, 0.15) is 10.9 Å². The minimum Gasteiger partial charge on any atom is -0.380 e. The summed E-state index contributed by atoms with van der Waals surface area (Å²) in [6.45, 7) is 3.26. The van der Waals surface area contributed by atoms with Crippen LogP contribution in [0.2, 0.25) is 0 Å². The summed E-state index contributed by atoms with van der Waals surface area (Å²) in [6.07, 6.45) is 0.407. The maximum Gasteiger partial charge on any atom is 0.224 e. The third kappa shape index (κ3) is 4.62. The molecule has 2 rings (SSSR count). The number of nitrogens with one attached hydrogen (secondary N) is 2. The van der Waals surface area contributed by atoms with E-state index in [0.717, 1.165) is 21.0 Å². The van der Waals surface area contributed by atoms with Crippen molar-refractivity contribution in [2.75, 3.05) is 11.9 Å². The summed E-state index contributed by atoms with van der Waals surface area (Å²) in [5.74, 6) is 0.0424. The van der Waals surface area contributed by atoms with Gasteiger partial charge in [0.2, 0.25) is 5.91 Å². The van der Waals surface area contributed by atoms with Crippen LogP contribution in [0.25, 0.3) is 0 Å². The van der Waals surface area contributed by atoms with Crippen LogP contribution < -0.4 is 10.6 Å². The summed E-state index contributed by atoms with van der Waals surface area (Å²) < 4.78 is 0. The minimum absolute atomic E-state index is 0.0424. The molecule has 0 aliphatic rings. The van der Waals surface area contributed by atoms with Crippen molar-refractivity contribution in [3.63, 3.8) is 0 Å². The number of rotatable bonds is 6. The summed E-state index contributed by atoms with van der Waals surface area (Å²) in [5, 5.41) is 14.9. The number of anilines is 1. The Balaban J connectivity index is 1.87. The Labute approximate surface area is 128 Å². The zero-order valence-corrected chi connectivity index (χ0v) is 12.7. The van der Waals surface area contributed by atoms with Gasteiger partial charge in [-0.1, -0.05) is 12.1 Å². The predicted octanol–water partition coefficient (Wildman–Crippen LogP) is 2.91. The SMILES string of the molecule is CCNC(=O)Cc1ccc(NCc2ccc(C#N)s2)cc1. The monoisotopic (exact) mass is 299 g/mol. The van der Waals surface area contributed by atoms with Gasteiger partial charge >= 0.3 is 0 Å². The van der Waals surface area contributed by atoms with E-state index >= 15 is 0 Å².